The minimum atomic E-state index is -0.207. The van der Waals surface area contributed by atoms with Crippen molar-refractivity contribution in [2.24, 2.45) is 0 Å². The number of carbonyl (C=O) groups is 1. The Balaban J connectivity index is 2.21. The highest BCUT2D eigenvalue weighted by Gasteiger charge is 2.14. The third kappa shape index (κ3) is 2.49. The van der Waals surface area contributed by atoms with E-state index in [1.807, 2.05) is 31.4 Å². The monoisotopic (exact) mass is 280 g/mol. The van der Waals surface area contributed by atoms with Gasteiger partial charge in [0.25, 0.3) is 5.91 Å². The molecule has 5 heteroatoms. The maximum atomic E-state index is 12.0. The molecule has 0 fully saturated rings. The molecule has 0 saturated heterocycles. The molecule has 0 aliphatic rings. The molecule has 0 aliphatic heterocycles. The predicted molar refractivity (Wildman–Crippen MR) is 77.6 cm³/mol. The number of carbonyl (C=O) groups excluding carboxylic acids is 1. The molecule has 0 radical (unpaired) electrons. The van der Waals surface area contributed by atoms with Gasteiger partial charge in [0.1, 0.15) is 4.88 Å². The second kappa shape index (κ2) is 5.00. The van der Waals surface area contributed by atoms with Gasteiger partial charge in [0.2, 0.25) is 0 Å². The summed E-state index contributed by atoms with van der Waals surface area (Å²) in [5, 5.41) is 5.16. The van der Waals surface area contributed by atoms with Gasteiger partial charge < -0.3 is 11.1 Å². The molecule has 1 heterocycles. The maximum Gasteiger partial charge on any atom is 0.267 e. The summed E-state index contributed by atoms with van der Waals surface area (Å²) in [7, 11) is 0. The topological polar surface area (TPSA) is 55.1 Å². The number of thiophene rings is 1. The van der Waals surface area contributed by atoms with E-state index in [0.29, 0.717) is 21.3 Å². The van der Waals surface area contributed by atoms with Crippen LogP contribution in [-0.2, 0) is 0 Å². The molecule has 0 spiro atoms. The zero-order valence-electron chi connectivity index (χ0n) is 10.1. The van der Waals surface area contributed by atoms with Crippen LogP contribution in [0, 0.1) is 13.8 Å². The number of aryl methyl sites for hydroxylation is 2. The van der Waals surface area contributed by atoms with E-state index in [4.69, 9.17) is 17.3 Å². The highest BCUT2D eigenvalue weighted by atomic mass is 35.5. The number of anilines is 2. The fourth-order valence-corrected chi connectivity index (χ4v) is 2.66. The van der Waals surface area contributed by atoms with Gasteiger partial charge in [-0.3, -0.25) is 4.79 Å². The maximum absolute atomic E-state index is 12.0. The Labute approximate surface area is 115 Å². The van der Waals surface area contributed by atoms with Crippen LogP contribution in [0.5, 0.6) is 0 Å². The summed E-state index contributed by atoms with van der Waals surface area (Å²) in [6, 6.07) is 5.42. The number of rotatable bonds is 2. The molecule has 0 saturated carbocycles. The summed E-state index contributed by atoms with van der Waals surface area (Å²) in [5.74, 6) is -0.207. The van der Waals surface area contributed by atoms with Gasteiger partial charge in [-0.25, -0.2) is 0 Å². The van der Waals surface area contributed by atoms with Crippen molar-refractivity contribution < 1.29 is 4.79 Å². The van der Waals surface area contributed by atoms with Crippen LogP contribution in [0.2, 0.25) is 5.02 Å². The first-order valence-corrected chi connectivity index (χ1v) is 6.66. The molecular formula is C13H13ClN2OS. The summed E-state index contributed by atoms with van der Waals surface area (Å²) in [6.07, 6.45) is 0. The predicted octanol–water partition coefficient (Wildman–Crippen LogP) is 3.85. The third-order valence-electron chi connectivity index (χ3n) is 2.64. The Bertz CT molecular complexity index is 607. The highest BCUT2D eigenvalue weighted by molar-refractivity contribution is 7.13. The van der Waals surface area contributed by atoms with Gasteiger partial charge in [0.15, 0.2) is 0 Å². The molecule has 3 N–H and O–H groups in total. The number of nitrogen functional groups attached to an aromatic ring is 1. The number of hydrogen-bond donors (Lipinski definition) is 2. The average Bonchev–Trinajstić information content (AvgIpc) is 2.65. The van der Waals surface area contributed by atoms with Crippen LogP contribution < -0.4 is 11.1 Å². The van der Waals surface area contributed by atoms with E-state index in [-0.39, 0.29) is 5.91 Å². The van der Waals surface area contributed by atoms with Gasteiger partial charge in [-0.15, -0.1) is 11.3 Å². The fraction of sp³-hybridized carbons (Fsp3) is 0.154. The molecule has 0 aliphatic carbocycles. The van der Waals surface area contributed by atoms with E-state index < -0.39 is 0 Å². The van der Waals surface area contributed by atoms with Crippen molar-refractivity contribution in [2.75, 3.05) is 11.1 Å². The first-order valence-electron chi connectivity index (χ1n) is 5.40. The van der Waals surface area contributed by atoms with Crippen LogP contribution >= 0.6 is 22.9 Å². The van der Waals surface area contributed by atoms with E-state index in [2.05, 4.69) is 5.32 Å². The van der Waals surface area contributed by atoms with Crippen molar-refractivity contribution in [3.8, 4) is 0 Å². The molecule has 2 aromatic rings. The first kappa shape index (κ1) is 12.9. The molecule has 3 nitrogen and oxygen atoms in total. The summed E-state index contributed by atoms with van der Waals surface area (Å²) >= 11 is 7.39. The molecule has 1 aromatic carbocycles. The van der Waals surface area contributed by atoms with Crippen LogP contribution in [0.3, 0.4) is 0 Å². The summed E-state index contributed by atoms with van der Waals surface area (Å²) in [4.78, 5) is 12.5. The molecular weight excluding hydrogens is 268 g/mol. The van der Waals surface area contributed by atoms with Gasteiger partial charge in [0, 0.05) is 11.4 Å². The smallest absolute Gasteiger partial charge is 0.267 e. The minimum Gasteiger partial charge on any atom is -0.398 e. The summed E-state index contributed by atoms with van der Waals surface area (Å²) < 4.78 is 0. The van der Waals surface area contributed by atoms with Crippen molar-refractivity contribution in [2.45, 2.75) is 13.8 Å². The highest BCUT2D eigenvalue weighted by Crippen LogP contribution is 2.28. The molecule has 1 aromatic heterocycles. The van der Waals surface area contributed by atoms with Gasteiger partial charge in [0.05, 0.1) is 5.02 Å². The Morgan fingerprint density at radius 1 is 1.33 bits per heavy atom. The van der Waals surface area contributed by atoms with Crippen molar-refractivity contribution in [1.82, 2.24) is 0 Å². The quantitative estimate of drug-likeness (QED) is 0.821. The Morgan fingerprint density at radius 3 is 2.61 bits per heavy atom. The lowest BCUT2D eigenvalue weighted by Gasteiger charge is -2.06. The van der Waals surface area contributed by atoms with E-state index in [0.717, 1.165) is 11.1 Å². The van der Waals surface area contributed by atoms with Gasteiger partial charge >= 0.3 is 0 Å². The van der Waals surface area contributed by atoms with Crippen LogP contribution in [-0.4, -0.2) is 5.91 Å². The standard InChI is InChI=1S/C13H13ClN2OS/c1-7-3-4-9(5-10(7)15)16-13(17)12-11(14)8(2)6-18-12/h3-6H,15H2,1-2H3,(H,16,17). The van der Waals surface area contributed by atoms with E-state index in [1.165, 1.54) is 11.3 Å². The lowest BCUT2D eigenvalue weighted by molar-refractivity contribution is 0.103. The van der Waals surface area contributed by atoms with Crippen molar-refractivity contribution in [3.05, 3.63) is 44.6 Å². The number of nitrogens with one attached hydrogen (secondary N) is 1. The zero-order valence-corrected chi connectivity index (χ0v) is 11.7. The van der Waals surface area contributed by atoms with Crippen LogP contribution in [0.25, 0.3) is 0 Å². The van der Waals surface area contributed by atoms with Gasteiger partial charge in [-0.05, 0) is 42.5 Å². The van der Waals surface area contributed by atoms with E-state index in [9.17, 15) is 4.79 Å². The normalized spacial score (nSPS) is 10.4. The number of hydrogen-bond acceptors (Lipinski definition) is 3. The molecule has 2 rings (SSSR count). The average molecular weight is 281 g/mol. The molecule has 0 unspecified atom stereocenters. The summed E-state index contributed by atoms with van der Waals surface area (Å²) in [6.45, 7) is 3.79. The Morgan fingerprint density at radius 2 is 2.06 bits per heavy atom. The Kier molecular flexibility index (Phi) is 3.59. The molecule has 1 amide bonds. The van der Waals surface area contributed by atoms with Gasteiger partial charge in [-0.2, -0.15) is 0 Å². The lowest BCUT2D eigenvalue weighted by atomic mass is 10.2. The van der Waals surface area contributed by atoms with Crippen LogP contribution in [0.15, 0.2) is 23.6 Å². The molecule has 0 bridgehead atoms. The van der Waals surface area contributed by atoms with Crippen LogP contribution in [0.1, 0.15) is 20.8 Å². The van der Waals surface area contributed by atoms with E-state index >= 15 is 0 Å². The van der Waals surface area contributed by atoms with Crippen molar-refractivity contribution in [1.29, 1.82) is 0 Å². The largest absolute Gasteiger partial charge is 0.398 e. The second-order valence-corrected chi connectivity index (χ2v) is 5.34. The fourth-order valence-electron chi connectivity index (χ4n) is 1.49. The zero-order chi connectivity index (χ0) is 13.3. The van der Waals surface area contributed by atoms with E-state index in [1.54, 1.807) is 6.07 Å². The van der Waals surface area contributed by atoms with Crippen molar-refractivity contribution in [3.63, 3.8) is 0 Å². The number of halogens is 1. The SMILES string of the molecule is Cc1ccc(NC(=O)c2scc(C)c2Cl)cc1N. The van der Waals surface area contributed by atoms with Crippen molar-refractivity contribution >= 4 is 40.2 Å². The van der Waals surface area contributed by atoms with Gasteiger partial charge in [-0.1, -0.05) is 17.7 Å². The minimum absolute atomic E-state index is 0.207. The molecule has 18 heavy (non-hydrogen) atoms. The number of nitrogens with two attached hydrogens (primary N) is 1. The number of benzene rings is 1. The number of amides is 1. The molecule has 94 valence electrons. The first-order chi connectivity index (χ1) is 8.49. The third-order valence-corrected chi connectivity index (χ3v) is 4.34. The lowest BCUT2D eigenvalue weighted by Crippen LogP contribution is -2.11. The second-order valence-electron chi connectivity index (χ2n) is 4.09. The molecule has 0 atom stereocenters. The Hall–Kier alpha value is -1.52. The summed E-state index contributed by atoms with van der Waals surface area (Å²) in [5.41, 5.74) is 9.02. The van der Waals surface area contributed by atoms with Crippen LogP contribution in [0.4, 0.5) is 11.4 Å².